The number of hydrogen-bond acceptors (Lipinski definition) is 4. The van der Waals surface area contributed by atoms with E-state index in [1.165, 1.54) is 7.11 Å². The molecule has 3 rings (SSSR count). The molecule has 5 nitrogen and oxygen atoms in total. The maximum atomic E-state index is 13.2. The smallest absolute Gasteiger partial charge is 0.308 e. The van der Waals surface area contributed by atoms with Crippen LogP contribution < -0.4 is 5.32 Å². The van der Waals surface area contributed by atoms with Gasteiger partial charge in [0.2, 0.25) is 5.91 Å². The molecule has 1 amide bonds. The van der Waals surface area contributed by atoms with Gasteiger partial charge in [0, 0.05) is 28.8 Å². The van der Waals surface area contributed by atoms with Gasteiger partial charge in [-0.15, -0.1) is 0 Å². The van der Waals surface area contributed by atoms with E-state index in [1.807, 2.05) is 30.3 Å². The van der Waals surface area contributed by atoms with Gasteiger partial charge in [-0.25, -0.2) is 0 Å². The van der Waals surface area contributed by atoms with Crippen LogP contribution in [0.5, 0.6) is 0 Å². The van der Waals surface area contributed by atoms with E-state index in [2.05, 4.69) is 10.2 Å². The topological polar surface area (TPSA) is 58.6 Å². The van der Waals surface area contributed by atoms with Crippen LogP contribution in [0.4, 0.5) is 5.69 Å². The summed E-state index contributed by atoms with van der Waals surface area (Å²) in [6.45, 7) is 1.26. The normalized spacial score (nSPS) is 16.4. The number of piperidine rings is 1. The zero-order valence-electron chi connectivity index (χ0n) is 15.5. The van der Waals surface area contributed by atoms with Crippen LogP contribution in [0.15, 0.2) is 48.5 Å². The second-order valence-corrected chi connectivity index (χ2v) is 7.67. The number of benzene rings is 2. The molecule has 0 spiro atoms. The van der Waals surface area contributed by atoms with E-state index >= 15 is 0 Å². The third-order valence-electron chi connectivity index (χ3n) is 4.92. The highest BCUT2D eigenvalue weighted by Gasteiger charge is 2.33. The lowest BCUT2D eigenvalue weighted by Crippen LogP contribution is -2.43. The number of esters is 1. The molecule has 0 unspecified atom stereocenters. The Hall–Kier alpha value is -2.08. The second-order valence-electron chi connectivity index (χ2n) is 6.79. The van der Waals surface area contributed by atoms with Gasteiger partial charge in [-0.2, -0.15) is 0 Å². The summed E-state index contributed by atoms with van der Waals surface area (Å²) in [5.41, 5.74) is 1.44. The highest BCUT2D eigenvalue weighted by Crippen LogP contribution is 2.30. The fourth-order valence-electron chi connectivity index (χ4n) is 3.56. The number of carbonyl (C=O) groups is 2. The molecule has 7 heteroatoms. The molecule has 1 fully saturated rings. The quantitative estimate of drug-likeness (QED) is 0.720. The van der Waals surface area contributed by atoms with Gasteiger partial charge in [0.1, 0.15) is 6.04 Å². The Morgan fingerprint density at radius 2 is 1.68 bits per heavy atom. The molecule has 1 saturated heterocycles. The van der Waals surface area contributed by atoms with Crippen molar-refractivity contribution in [2.24, 2.45) is 5.92 Å². The van der Waals surface area contributed by atoms with Gasteiger partial charge in [-0.1, -0.05) is 53.5 Å². The minimum atomic E-state index is -0.474. The summed E-state index contributed by atoms with van der Waals surface area (Å²) in [5.74, 6) is -0.470. The van der Waals surface area contributed by atoms with Crippen molar-refractivity contribution in [1.29, 1.82) is 0 Å². The zero-order valence-corrected chi connectivity index (χ0v) is 17.0. The van der Waals surface area contributed by atoms with Gasteiger partial charge in [-0.05, 0) is 36.6 Å². The third-order valence-corrected chi connectivity index (χ3v) is 5.36. The first-order valence-electron chi connectivity index (χ1n) is 9.11. The predicted octanol–water partition coefficient (Wildman–Crippen LogP) is 4.56. The largest absolute Gasteiger partial charge is 0.469 e. The number of amides is 1. The van der Waals surface area contributed by atoms with Crippen LogP contribution in [0.2, 0.25) is 10.0 Å². The van der Waals surface area contributed by atoms with Crippen LogP contribution in [-0.2, 0) is 14.3 Å². The van der Waals surface area contributed by atoms with E-state index in [-0.39, 0.29) is 17.8 Å². The van der Waals surface area contributed by atoms with Crippen LogP contribution in [0, 0.1) is 5.92 Å². The Morgan fingerprint density at radius 1 is 1.07 bits per heavy atom. The molecule has 148 valence electrons. The molecule has 2 aromatic carbocycles. The Balaban J connectivity index is 1.80. The van der Waals surface area contributed by atoms with Crippen LogP contribution in [0.25, 0.3) is 0 Å². The molecule has 0 aliphatic carbocycles. The monoisotopic (exact) mass is 420 g/mol. The molecule has 0 bridgehead atoms. The fourth-order valence-corrected chi connectivity index (χ4v) is 4.09. The van der Waals surface area contributed by atoms with Crippen molar-refractivity contribution in [3.63, 3.8) is 0 Å². The average molecular weight is 421 g/mol. The van der Waals surface area contributed by atoms with E-state index in [0.29, 0.717) is 41.7 Å². The van der Waals surface area contributed by atoms with Gasteiger partial charge < -0.3 is 10.1 Å². The van der Waals surface area contributed by atoms with Crippen molar-refractivity contribution < 1.29 is 14.3 Å². The summed E-state index contributed by atoms with van der Waals surface area (Å²) < 4.78 is 4.86. The molecular formula is C21H22Cl2N2O3. The van der Waals surface area contributed by atoms with Crippen LogP contribution in [0.1, 0.15) is 24.4 Å². The molecule has 0 saturated carbocycles. The first-order valence-corrected chi connectivity index (χ1v) is 9.87. The van der Waals surface area contributed by atoms with Gasteiger partial charge >= 0.3 is 5.97 Å². The van der Waals surface area contributed by atoms with Gasteiger partial charge in [0.25, 0.3) is 0 Å². The lowest BCUT2D eigenvalue weighted by atomic mass is 9.94. The van der Waals surface area contributed by atoms with Crippen LogP contribution >= 0.6 is 23.2 Å². The molecule has 1 heterocycles. The van der Waals surface area contributed by atoms with E-state index in [4.69, 9.17) is 27.9 Å². The number of halogens is 2. The summed E-state index contributed by atoms with van der Waals surface area (Å²) in [6.07, 6.45) is 1.32. The van der Waals surface area contributed by atoms with Crippen molar-refractivity contribution in [3.05, 3.63) is 64.1 Å². The Kier molecular flexibility index (Phi) is 6.94. The predicted molar refractivity (Wildman–Crippen MR) is 111 cm³/mol. The fraction of sp³-hybridized carbons (Fsp3) is 0.333. The van der Waals surface area contributed by atoms with Crippen molar-refractivity contribution in [2.45, 2.75) is 18.9 Å². The molecule has 1 aliphatic rings. The van der Waals surface area contributed by atoms with Crippen LogP contribution in [-0.4, -0.2) is 37.0 Å². The van der Waals surface area contributed by atoms with Crippen molar-refractivity contribution in [1.82, 2.24) is 4.90 Å². The number of likely N-dealkylation sites (tertiary alicyclic amines) is 1. The van der Waals surface area contributed by atoms with Gasteiger partial charge in [-0.3, -0.25) is 14.5 Å². The number of carbonyl (C=O) groups excluding carboxylic acids is 2. The molecule has 0 aromatic heterocycles. The number of nitrogens with zero attached hydrogens (tertiary/aromatic N) is 1. The number of anilines is 1. The summed E-state index contributed by atoms with van der Waals surface area (Å²) in [6, 6.07) is 14.1. The summed E-state index contributed by atoms with van der Waals surface area (Å²) in [5, 5.41) is 3.84. The molecule has 0 radical (unpaired) electrons. The first-order chi connectivity index (χ1) is 13.5. The molecule has 1 atom stereocenters. The second kappa shape index (κ2) is 9.41. The number of hydrogen-bond donors (Lipinski definition) is 1. The van der Waals surface area contributed by atoms with Crippen LogP contribution in [0.3, 0.4) is 0 Å². The van der Waals surface area contributed by atoms with Gasteiger partial charge in [0.15, 0.2) is 0 Å². The Labute approximate surface area is 174 Å². The zero-order chi connectivity index (χ0) is 20.1. The van der Waals surface area contributed by atoms with E-state index < -0.39 is 6.04 Å². The highest BCUT2D eigenvalue weighted by atomic mass is 35.5. The lowest BCUT2D eigenvalue weighted by molar-refractivity contribution is -0.147. The highest BCUT2D eigenvalue weighted by molar-refractivity contribution is 6.35. The number of rotatable bonds is 5. The van der Waals surface area contributed by atoms with E-state index in [1.54, 1.807) is 18.2 Å². The maximum Gasteiger partial charge on any atom is 0.308 e. The third kappa shape index (κ3) is 5.04. The van der Waals surface area contributed by atoms with Crippen molar-refractivity contribution in [2.75, 3.05) is 25.5 Å². The molecule has 1 N–H and O–H groups in total. The maximum absolute atomic E-state index is 13.2. The Morgan fingerprint density at radius 3 is 2.25 bits per heavy atom. The number of ether oxygens (including phenoxy) is 1. The standard InChI is InChI=1S/C21H22Cl2N2O3/c1-28-21(27)15-7-9-25(10-8-15)19(14-5-3-2-4-6-14)20(26)24-18-12-16(22)11-17(23)13-18/h2-6,11-13,15,19H,7-10H2,1H3,(H,24,26)/t19-/m0/s1. The minimum absolute atomic E-state index is 0.118. The SMILES string of the molecule is COC(=O)C1CCN([C@H](C(=O)Nc2cc(Cl)cc(Cl)c2)c2ccccc2)CC1. The summed E-state index contributed by atoms with van der Waals surface area (Å²) in [4.78, 5) is 27.1. The van der Waals surface area contributed by atoms with E-state index in [0.717, 1.165) is 5.56 Å². The Bertz CT molecular complexity index is 817. The average Bonchev–Trinajstić information content (AvgIpc) is 2.68. The van der Waals surface area contributed by atoms with Crippen molar-refractivity contribution >= 4 is 40.8 Å². The minimum Gasteiger partial charge on any atom is -0.469 e. The number of nitrogens with one attached hydrogen (secondary N) is 1. The first kappa shape index (κ1) is 20.6. The molecular weight excluding hydrogens is 399 g/mol. The van der Waals surface area contributed by atoms with E-state index in [9.17, 15) is 9.59 Å². The molecule has 2 aromatic rings. The molecule has 1 aliphatic heterocycles. The van der Waals surface area contributed by atoms with Gasteiger partial charge in [0.05, 0.1) is 13.0 Å². The lowest BCUT2D eigenvalue weighted by Gasteiger charge is -2.36. The van der Waals surface area contributed by atoms with Crippen molar-refractivity contribution in [3.8, 4) is 0 Å². The summed E-state index contributed by atoms with van der Waals surface area (Å²) in [7, 11) is 1.41. The number of methoxy groups -OCH3 is 1. The summed E-state index contributed by atoms with van der Waals surface area (Å²) >= 11 is 12.1. The molecule has 28 heavy (non-hydrogen) atoms.